The maximum Gasteiger partial charge on any atom is 0.264 e. The summed E-state index contributed by atoms with van der Waals surface area (Å²) >= 11 is 6.05. The molecule has 4 aromatic rings. The van der Waals surface area contributed by atoms with Gasteiger partial charge in [-0.2, -0.15) is 0 Å². The summed E-state index contributed by atoms with van der Waals surface area (Å²) in [6.45, 7) is 8.33. The molecule has 0 fully saturated rings. The van der Waals surface area contributed by atoms with E-state index in [2.05, 4.69) is 5.32 Å². The highest BCUT2D eigenvalue weighted by Crippen LogP contribution is 2.28. The standard InChI is InChI=1S/C36H39ClFN3O4S/c1-25-15-18-30(21-26(25)2)41(46(44,45)31-19-16-29(37)17-20-31)24-34(42)40(23-28-13-9-10-14-32(28)38)33(35(43)39-36(3,4)5)22-27-11-7-6-8-12-27/h6-21,33H,22-24H2,1-5H3,(H,39,43)/t33-/m0/s1. The third-order valence-electron chi connectivity index (χ3n) is 7.53. The molecule has 0 saturated carbocycles. The summed E-state index contributed by atoms with van der Waals surface area (Å²) in [7, 11) is -4.29. The summed E-state index contributed by atoms with van der Waals surface area (Å²) in [4.78, 5) is 29.7. The molecule has 0 unspecified atom stereocenters. The van der Waals surface area contributed by atoms with Crippen LogP contribution in [0.5, 0.6) is 0 Å². The van der Waals surface area contributed by atoms with Gasteiger partial charge in [-0.1, -0.05) is 66.2 Å². The smallest absolute Gasteiger partial charge is 0.264 e. The number of rotatable bonds is 11. The number of anilines is 1. The zero-order valence-corrected chi connectivity index (χ0v) is 28.2. The fourth-order valence-corrected chi connectivity index (χ4v) is 6.49. The van der Waals surface area contributed by atoms with Crippen LogP contribution < -0.4 is 9.62 Å². The number of nitrogens with one attached hydrogen (secondary N) is 1. The van der Waals surface area contributed by atoms with Crippen molar-refractivity contribution in [2.45, 2.75) is 64.1 Å². The van der Waals surface area contributed by atoms with Crippen LogP contribution in [0.15, 0.2) is 102 Å². The molecule has 0 aliphatic rings. The predicted octanol–water partition coefficient (Wildman–Crippen LogP) is 6.85. The first-order valence-electron chi connectivity index (χ1n) is 14.9. The number of benzene rings is 4. The molecule has 4 rings (SSSR count). The Morgan fingerprint density at radius 2 is 1.50 bits per heavy atom. The van der Waals surface area contributed by atoms with Crippen molar-refractivity contribution in [3.05, 3.63) is 130 Å². The molecule has 4 aromatic carbocycles. The van der Waals surface area contributed by atoms with Crippen molar-refractivity contribution in [2.75, 3.05) is 10.8 Å². The number of sulfonamides is 1. The van der Waals surface area contributed by atoms with Gasteiger partial charge in [-0.25, -0.2) is 12.8 Å². The summed E-state index contributed by atoms with van der Waals surface area (Å²) in [5.74, 6) is -1.67. The zero-order valence-electron chi connectivity index (χ0n) is 26.6. The molecule has 46 heavy (non-hydrogen) atoms. The summed E-state index contributed by atoms with van der Waals surface area (Å²) < 4.78 is 44.4. The van der Waals surface area contributed by atoms with E-state index in [4.69, 9.17) is 11.6 Å². The average molecular weight is 664 g/mol. The second kappa shape index (κ2) is 14.5. The van der Waals surface area contributed by atoms with Gasteiger partial charge in [0.15, 0.2) is 0 Å². The van der Waals surface area contributed by atoms with Gasteiger partial charge in [-0.15, -0.1) is 0 Å². The van der Waals surface area contributed by atoms with Gasteiger partial charge in [0.2, 0.25) is 11.8 Å². The van der Waals surface area contributed by atoms with Crippen LogP contribution in [0.25, 0.3) is 0 Å². The van der Waals surface area contributed by atoms with E-state index >= 15 is 4.39 Å². The third-order valence-corrected chi connectivity index (χ3v) is 9.57. The number of carbonyl (C=O) groups is 2. The summed E-state index contributed by atoms with van der Waals surface area (Å²) in [5.41, 5.74) is 2.38. The van der Waals surface area contributed by atoms with Gasteiger partial charge in [-0.3, -0.25) is 13.9 Å². The van der Waals surface area contributed by atoms with E-state index in [1.54, 1.807) is 36.4 Å². The molecule has 0 aliphatic heterocycles. The molecule has 2 amide bonds. The van der Waals surface area contributed by atoms with Gasteiger partial charge in [0, 0.05) is 29.1 Å². The maximum atomic E-state index is 15.1. The Bertz CT molecular complexity index is 1790. The molecule has 10 heteroatoms. The summed E-state index contributed by atoms with van der Waals surface area (Å²) in [6.07, 6.45) is 0.122. The normalized spacial score (nSPS) is 12.3. The second-order valence-corrected chi connectivity index (χ2v) is 14.6. The fraction of sp³-hybridized carbons (Fsp3) is 0.278. The average Bonchev–Trinajstić information content (AvgIpc) is 2.99. The van der Waals surface area contributed by atoms with Crippen LogP contribution in [0.1, 0.15) is 43.0 Å². The van der Waals surface area contributed by atoms with Gasteiger partial charge in [0.1, 0.15) is 18.4 Å². The van der Waals surface area contributed by atoms with Crippen molar-refractivity contribution in [3.8, 4) is 0 Å². The maximum absolute atomic E-state index is 15.1. The van der Waals surface area contributed by atoms with Crippen LogP contribution in [0.3, 0.4) is 0 Å². The number of halogens is 2. The van der Waals surface area contributed by atoms with Crippen LogP contribution in [0.2, 0.25) is 5.02 Å². The Balaban J connectivity index is 1.84. The lowest BCUT2D eigenvalue weighted by Gasteiger charge is -2.35. The highest BCUT2D eigenvalue weighted by Gasteiger charge is 2.36. The lowest BCUT2D eigenvalue weighted by atomic mass is 10.0. The van der Waals surface area contributed by atoms with E-state index in [1.165, 1.54) is 35.2 Å². The van der Waals surface area contributed by atoms with Crippen LogP contribution in [0.4, 0.5) is 10.1 Å². The number of nitrogens with zero attached hydrogens (tertiary/aromatic N) is 2. The fourth-order valence-electron chi connectivity index (χ4n) is 4.96. The van der Waals surface area contributed by atoms with Crippen molar-refractivity contribution < 1.29 is 22.4 Å². The van der Waals surface area contributed by atoms with E-state index < -0.39 is 45.8 Å². The molecular formula is C36H39ClFN3O4S. The number of hydrogen-bond donors (Lipinski definition) is 1. The molecule has 0 saturated heterocycles. The Morgan fingerprint density at radius 3 is 2.11 bits per heavy atom. The Hall–Kier alpha value is -4.21. The number of amides is 2. The zero-order chi connectivity index (χ0) is 33.6. The minimum atomic E-state index is -4.29. The summed E-state index contributed by atoms with van der Waals surface area (Å²) in [5, 5.41) is 3.32. The number of aryl methyl sites for hydroxylation is 2. The minimum absolute atomic E-state index is 0.0603. The van der Waals surface area contributed by atoms with Crippen molar-refractivity contribution in [1.82, 2.24) is 10.2 Å². The van der Waals surface area contributed by atoms with Crippen molar-refractivity contribution >= 4 is 39.1 Å². The van der Waals surface area contributed by atoms with Crippen LogP contribution in [-0.2, 0) is 32.6 Å². The molecule has 7 nitrogen and oxygen atoms in total. The Labute approximate surface area is 276 Å². The molecule has 242 valence electrons. The van der Waals surface area contributed by atoms with Gasteiger partial charge in [0.25, 0.3) is 10.0 Å². The van der Waals surface area contributed by atoms with E-state index in [1.807, 2.05) is 65.0 Å². The van der Waals surface area contributed by atoms with Gasteiger partial charge >= 0.3 is 0 Å². The Morgan fingerprint density at radius 1 is 0.870 bits per heavy atom. The molecular weight excluding hydrogens is 625 g/mol. The van der Waals surface area contributed by atoms with Gasteiger partial charge in [-0.05, 0) is 93.8 Å². The molecule has 1 N–H and O–H groups in total. The van der Waals surface area contributed by atoms with Crippen molar-refractivity contribution in [3.63, 3.8) is 0 Å². The van der Waals surface area contributed by atoms with Crippen LogP contribution in [0, 0.1) is 19.7 Å². The first-order chi connectivity index (χ1) is 21.7. The number of hydrogen-bond acceptors (Lipinski definition) is 4. The monoisotopic (exact) mass is 663 g/mol. The minimum Gasteiger partial charge on any atom is -0.350 e. The largest absolute Gasteiger partial charge is 0.350 e. The molecule has 0 heterocycles. The summed E-state index contributed by atoms with van der Waals surface area (Å²) in [6, 6.07) is 24.9. The molecule has 0 aromatic heterocycles. The topological polar surface area (TPSA) is 86.8 Å². The van der Waals surface area contributed by atoms with E-state index in [0.29, 0.717) is 5.02 Å². The van der Waals surface area contributed by atoms with Crippen LogP contribution >= 0.6 is 11.6 Å². The molecule has 1 atom stereocenters. The van der Waals surface area contributed by atoms with E-state index in [9.17, 15) is 18.0 Å². The number of carbonyl (C=O) groups excluding carboxylic acids is 2. The third kappa shape index (κ3) is 8.73. The molecule has 0 radical (unpaired) electrons. The Kier molecular flexibility index (Phi) is 10.9. The highest BCUT2D eigenvalue weighted by atomic mass is 35.5. The first kappa shape index (κ1) is 34.7. The molecule has 0 aliphatic carbocycles. The molecule has 0 bridgehead atoms. The first-order valence-corrected chi connectivity index (χ1v) is 16.7. The van der Waals surface area contributed by atoms with Gasteiger partial charge < -0.3 is 10.2 Å². The van der Waals surface area contributed by atoms with Crippen molar-refractivity contribution in [1.29, 1.82) is 0 Å². The highest BCUT2D eigenvalue weighted by molar-refractivity contribution is 7.92. The van der Waals surface area contributed by atoms with Crippen molar-refractivity contribution in [2.24, 2.45) is 0 Å². The van der Waals surface area contributed by atoms with Gasteiger partial charge in [0.05, 0.1) is 10.6 Å². The lowest BCUT2D eigenvalue weighted by Crippen LogP contribution is -2.56. The van der Waals surface area contributed by atoms with Crippen LogP contribution in [-0.4, -0.2) is 43.3 Å². The quantitative estimate of drug-likeness (QED) is 0.190. The SMILES string of the molecule is Cc1ccc(N(CC(=O)N(Cc2ccccc2F)[C@@H](Cc2ccccc2)C(=O)NC(C)(C)C)S(=O)(=O)c2ccc(Cl)cc2)cc1C. The second-order valence-electron chi connectivity index (χ2n) is 12.3. The van der Waals surface area contributed by atoms with E-state index in [-0.39, 0.29) is 29.1 Å². The van der Waals surface area contributed by atoms with E-state index in [0.717, 1.165) is 21.0 Å². The lowest BCUT2D eigenvalue weighted by molar-refractivity contribution is -0.140. The predicted molar refractivity (Wildman–Crippen MR) is 181 cm³/mol. The molecule has 0 spiro atoms.